The van der Waals surface area contributed by atoms with E-state index in [1.807, 2.05) is 6.07 Å². The number of nitrogens with two attached hydrogens (primary N) is 1. The van der Waals surface area contributed by atoms with E-state index in [1.54, 1.807) is 14.2 Å². The van der Waals surface area contributed by atoms with Gasteiger partial charge in [-0.2, -0.15) is 0 Å². The highest BCUT2D eigenvalue weighted by Gasteiger charge is 2.39. The monoisotopic (exact) mass is 347 g/mol. The Hall–Kier alpha value is -0.450. The van der Waals surface area contributed by atoms with Gasteiger partial charge < -0.3 is 15.2 Å². The van der Waals surface area contributed by atoms with Crippen molar-refractivity contribution in [2.24, 2.45) is 5.73 Å². The molecule has 2 rings (SSSR count). The summed E-state index contributed by atoms with van der Waals surface area (Å²) in [6.07, 6.45) is 4.44. The lowest BCUT2D eigenvalue weighted by Crippen LogP contribution is -2.33. The van der Waals surface area contributed by atoms with Gasteiger partial charge in [0.1, 0.15) is 0 Å². The maximum atomic E-state index is 6.47. The van der Waals surface area contributed by atoms with Crippen LogP contribution in [0.3, 0.4) is 0 Å². The van der Waals surface area contributed by atoms with E-state index in [9.17, 15) is 0 Å². The van der Waals surface area contributed by atoms with Crippen LogP contribution in [-0.2, 0) is 5.41 Å². The molecule has 1 aliphatic carbocycles. The van der Waals surface area contributed by atoms with Crippen molar-refractivity contribution in [3.05, 3.63) is 21.1 Å². The van der Waals surface area contributed by atoms with Gasteiger partial charge in [0.15, 0.2) is 11.5 Å². The molecule has 2 N–H and O–H groups in total. The average Bonchev–Trinajstić information content (AvgIpc) is 2.87. The molecule has 19 heavy (non-hydrogen) atoms. The summed E-state index contributed by atoms with van der Waals surface area (Å²) in [5.74, 6) is 1.39. The lowest BCUT2D eigenvalue weighted by atomic mass is 9.78. The minimum atomic E-state index is -0.0869. The van der Waals surface area contributed by atoms with E-state index in [2.05, 4.69) is 15.9 Å². The van der Waals surface area contributed by atoms with Crippen molar-refractivity contribution < 1.29 is 9.47 Å². The zero-order valence-electron chi connectivity index (χ0n) is 11.3. The third kappa shape index (κ3) is 2.46. The molecule has 0 atom stereocenters. The molecule has 1 saturated carbocycles. The summed E-state index contributed by atoms with van der Waals surface area (Å²) in [5, 5.41) is 0.692. The molecule has 0 heterocycles. The summed E-state index contributed by atoms with van der Waals surface area (Å²) in [6, 6.07) is 1.87. The van der Waals surface area contributed by atoms with Crippen LogP contribution in [0.25, 0.3) is 0 Å². The quantitative estimate of drug-likeness (QED) is 0.898. The number of hydrogen-bond acceptors (Lipinski definition) is 3. The summed E-state index contributed by atoms with van der Waals surface area (Å²) in [6.45, 7) is 0.577. The normalized spacial score (nSPS) is 17.5. The van der Waals surface area contributed by atoms with Crippen LogP contribution in [0.15, 0.2) is 10.5 Å². The summed E-state index contributed by atoms with van der Waals surface area (Å²) >= 11 is 9.93. The molecule has 0 bridgehead atoms. The van der Waals surface area contributed by atoms with Gasteiger partial charge in [-0.25, -0.2) is 0 Å². The zero-order valence-corrected chi connectivity index (χ0v) is 13.6. The van der Waals surface area contributed by atoms with Gasteiger partial charge in [-0.3, -0.25) is 0 Å². The van der Waals surface area contributed by atoms with E-state index in [4.69, 9.17) is 26.8 Å². The van der Waals surface area contributed by atoms with Crippen LogP contribution in [0.2, 0.25) is 5.02 Å². The Morgan fingerprint density at radius 1 is 1.26 bits per heavy atom. The van der Waals surface area contributed by atoms with E-state index in [1.165, 1.54) is 12.8 Å². The van der Waals surface area contributed by atoms with E-state index in [-0.39, 0.29) is 5.41 Å². The molecule has 1 aliphatic rings. The maximum Gasteiger partial charge on any atom is 0.175 e. The molecule has 0 saturated heterocycles. The van der Waals surface area contributed by atoms with Gasteiger partial charge in [-0.1, -0.05) is 24.4 Å². The molecule has 3 nitrogen and oxygen atoms in total. The van der Waals surface area contributed by atoms with Crippen molar-refractivity contribution in [2.75, 3.05) is 20.8 Å². The molecule has 5 heteroatoms. The molecule has 0 unspecified atom stereocenters. The molecule has 1 aromatic carbocycles. The first-order chi connectivity index (χ1) is 9.09. The second kappa shape index (κ2) is 5.90. The molecule has 0 spiro atoms. The molecular formula is C14H19BrClNO2. The second-order valence-corrected chi connectivity index (χ2v) is 6.23. The summed E-state index contributed by atoms with van der Waals surface area (Å²) in [4.78, 5) is 0. The van der Waals surface area contributed by atoms with Gasteiger partial charge in [-0.05, 0) is 34.8 Å². The highest BCUT2D eigenvalue weighted by atomic mass is 79.9. The Balaban J connectivity index is 2.67. The minimum absolute atomic E-state index is 0.0869. The molecule has 0 amide bonds. The number of halogens is 2. The number of rotatable bonds is 4. The lowest BCUT2D eigenvalue weighted by Gasteiger charge is -2.31. The largest absolute Gasteiger partial charge is 0.492 e. The Bertz CT molecular complexity index is 473. The predicted molar refractivity (Wildman–Crippen MR) is 81.5 cm³/mol. The summed E-state index contributed by atoms with van der Waals surface area (Å²) < 4.78 is 11.8. The Labute approximate surface area is 127 Å². The average molecular weight is 349 g/mol. The van der Waals surface area contributed by atoms with Gasteiger partial charge in [0.2, 0.25) is 0 Å². The van der Waals surface area contributed by atoms with Crippen LogP contribution in [-0.4, -0.2) is 20.8 Å². The number of benzene rings is 1. The van der Waals surface area contributed by atoms with Crippen molar-refractivity contribution in [1.29, 1.82) is 0 Å². The minimum Gasteiger partial charge on any atom is -0.492 e. The van der Waals surface area contributed by atoms with E-state index in [0.717, 1.165) is 22.9 Å². The van der Waals surface area contributed by atoms with Crippen LogP contribution in [0.5, 0.6) is 11.5 Å². The standard InChI is InChI=1S/C14H19BrClNO2/c1-18-12-9(15)7-10(16)11(13(12)19-2)14(8-17)5-3-4-6-14/h7H,3-6,8,17H2,1-2H3. The lowest BCUT2D eigenvalue weighted by molar-refractivity contribution is 0.335. The molecule has 0 radical (unpaired) electrons. The second-order valence-electron chi connectivity index (χ2n) is 4.97. The highest BCUT2D eigenvalue weighted by Crippen LogP contribution is 2.52. The van der Waals surface area contributed by atoms with Gasteiger partial charge in [0, 0.05) is 22.5 Å². The smallest absolute Gasteiger partial charge is 0.175 e. The van der Waals surface area contributed by atoms with Crippen LogP contribution in [0.1, 0.15) is 31.2 Å². The fourth-order valence-corrected chi connectivity index (χ4v) is 4.16. The van der Waals surface area contributed by atoms with Gasteiger partial charge >= 0.3 is 0 Å². The third-order valence-corrected chi connectivity index (χ3v) is 4.92. The SMILES string of the molecule is COc1c(Br)cc(Cl)c(C2(CN)CCCC2)c1OC. The molecule has 1 aromatic rings. The molecule has 1 fully saturated rings. The van der Waals surface area contributed by atoms with Crippen LogP contribution >= 0.6 is 27.5 Å². The predicted octanol–water partition coefficient (Wildman–Crippen LogP) is 3.89. The van der Waals surface area contributed by atoms with Gasteiger partial charge in [0.05, 0.1) is 18.7 Å². The Kier molecular flexibility index (Phi) is 4.64. The Morgan fingerprint density at radius 2 is 1.84 bits per heavy atom. The van der Waals surface area contributed by atoms with E-state index >= 15 is 0 Å². The summed E-state index contributed by atoms with van der Waals surface area (Å²) in [7, 11) is 3.27. The van der Waals surface area contributed by atoms with Crippen molar-refractivity contribution in [3.8, 4) is 11.5 Å². The first-order valence-electron chi connectivity index (χ1n) is 6.40. The van der Waals surface area contributed by atoms with Crippen molar-refractivity contribution >= 4 is 27.5 Å². The fraction of sp³-hybridized carbons (Fsp3) is 0.571. The number of methoxy groups -OCH3 is 2. The first-order valence-corrected chi connectivity index (χ1v) is 7.57. The topological polar surface area (TPSA) is 44.5 Å². The van der Waals surface area contributed by atoms with Crippen molar-refractivity contribution in [2.45, 2.75) is 31.1 Å². The third-order valence-electron chi connectivity index (χ3n) is 4.03. The highest BCUT2D eigenvalue weighted by molar-refractivity contribution is 9.10. The summed E-state index contributed by atoms with van der Waals surface area (Å²) in [5.41, 5.74) is 6.97. The van der Waals surface area contributed by atoms with Crippen LogP contribution < -0.4 is 15.2 Å². The van der Waals surface area contributed by atoms with Crippen molar-refractivity contribution in [1.82, 2.24) is 0 Å². The zero-order chi connectivity index (χ0) is 14.0. The maximum absolute atomic E-state index is 6.47. The van der Waals surface area contributed by atoms with E-state index < -0.39 is 0 Å². The van der Waals surface area contributed by atoms with E-state index in [0.29, 0.717) is 23.1 Å². The molecular weight excluding hydrogens is 330 g/mol. The van der Waals surface area contributed by atoms with Gasteiger partial charge in [0.25, 0.3) is 0 Å². The first kappa shape index (κ1) is 14.9. The molecule has 0 aliphatic heterocycles. The Morgan fingerprint density at radius 3 is 2.32 bits per heavy atom. The fourth-order valence-electron chi connectivity index (χ4n) is 3.07. The van der Waals surface area contributed by atoms with Crippen molar-refractivity contribution in [3.63, 3.8) is 0 Å². The molecule has 106 valence electrons. The number of hydrogen-bond donors (Lipinski definition) is 1. The van der Waals surface area contributed by atoms with Crippen LogP contribution in [0.4, 0.5) is 0 Å². The number of ether oxygens (including phenoxy) is 2. The van der Waals surface area contributed by atoms with Gasteiger partial charge in [-0.15, -0.1) is 0 Å². The molecule has 0 aromatic heterocycles. The van der Waals surface area contributed by atoms with Crippen LogP contribution in [0, 0.1) is 0 Å².